The fraction of sp³-hybridized carbons (Fsp3) is 0.478. The molecule has 2 aromatic rings. The zero-order valence-corrected chi connectivity index (χ0v) is 16.3. The molecular weight excluding hydrogens is 361 g/mol. The molecule has 0 radical (unpaired) electrons. The second kappa shape index (κ2) is 9.57. The third kappa shape index (κ3) is 6.08. The molecule has 0 aromatic heterocycles. The quantitative estimate of drug-likeness (QED) is 0.668. The molecule has 2 nitrogen and oxygen atoms in total. The number of hydrogen-bond acceptors (Lipinski definition) is 2. The number of hydrogen-bond donors (Lipinski definition) is 1. The first-order valence-corrected chi connectivity index (χ1v) is 10.1. The van der Waals surface area contributed by atoms with Gasteiger partial charge < -0.3 is 5.32 Å². The van der Waals surface area contributed by atoms with Crippen molar-refractivity contribution in [3.05, 3.63) is 71.8 Å². The van der Waals surface area contributed by atoms with Crippen molar-refractivity contribution in [3.63, 3.8) is 0 Å². The summed E-state index contributed by atoms with van der Waals surface area (Å²) >= 11 is 0. The summed E-state index contributed by atoms with van der Waals surface area (Å²) in [4.78, 5) is 2.48. The SMILES string of the molecule is C[C@@H](NC1CCC(N(Cc2ccccc2)Cc2ccccc2)CC1)C(F)(F)F. The normalized spacial score (nSPS) is 21.6. The van der Waals surface area contributed by atoms with E-state index in [-0.39, 0.29) is 6.04 Å². The lowest BCUT2D eigenvalue weighted by atomic mass is 9.89. The van der Waals surface area contributed by atoms with Crippen LogP contribution in [0.25, 0.3) is 0 Å². The Hall–Kier alpha value is -1.85. The highest BCUT2D eigenvalue weighted by atomic mass is 19.4. The number of alkyl halides is 3. The number of benzene rings is 2. The smallest absolute Gasteiger partial charge is 0.304 e. The van der Waals surface area contributed by atoms with Crippen LogP contribution in [0.5, 0.6) is 0 Å². The molecule has 1 atom stereocenters. The van der Waals surface area contributed by atoms with Crippen LogP contribution in [0.1, 0.15) is 43.7 Å². The highest BCUT2D eigenvalue weighted by Crippen LogP contribution is 2.28. The molecule has 5 heteroatoms. The van der Waals surface area contributed by atoms with Crippen LogP contribution in [0.3, 0.4) is 0 Å². The van der Waals surface area contributed by atoms with E-state index in [1.807, 2.05) is 12.1 Å². The summed E-state index contributed by atoms with van der Waals surface area (Å²) in [7, 11) is 0. The van der Waals surface area contributed by atoms with Crippen molar-refractivity contribution in [3.8, 4) is 0 Å². The minimum absolute atomic E-state index is 0.0526. The van der Waals surface area contributed by atoms with Crippen LogP contribution in [-0.2, 0) is 13.1 Å². The largest absolute Gasteiger partial charge is 0.403 e. The molecule has 28 heavy (non-hydrogen) atoms. The highest BCUT2D eigenvalue weighted by molar-refractivity contribution is 5.17. The summed E-state index contributed by atoms with van der Waals surface area (Å²) in [5, 5.41) is 2.77. The second-order valence-electron chi connectivity index (χ2n) is 7.81. The summed E-state index contributed by atoms with van der Waals surface area (Å²) in [5.41, 5.74) is 2.54. The monoisotopic (exact) mass is 390 g/mol. The molecule has 0 bridgehead atoms. The molecule has 0 unspecified atom stereocenters. The zero-order chi connectivity index (χ0) is 20.0. The van der Waals surface area contributed by atoms with Gasteiger partial charge in [-0.25, -0.2) is 0 Å². The van der Waals surface area contributed by atoms with E-state index >= 15 is 0 Å². The molecule has 3 rings (SSSR count). The van der Waals surface area contributed by atoms with Crippen molar-refractivity contribution in [1.29, 1.82) is 0 Å². The van der Waals surface area contributed by atoms with Crippen molar-refractivity contribution in [2.45, 2.75) is 70.0 Å². The van der Waals surface area contributed by atoms with Gasteiger partial charge >= 0.3 is 6.18 Å². The van der Waals surface area contributed by atoms with Gasteiger partial charge in [0.1, 0.15) is 6.04 Å². The minimum Gasteiger partial charge on any atom is -0.304 e. The fourth-order valence-electron chi connectivity index (χ4n) is 4.01. The lowest BCUT2D eigenvalue weighted by molar-refractivity contribution is -0.154. The van der Waals surface area contributed by atoms with E-state index < -0.39 is 12.2 Å². The van der Waals surface area contributed by atoms with E-state index in [2.05, 4.69) is 58.7 Å². The van der Waals surface area contributed by atoms with Gasteiger partial charge in [-0.2, -0.15) is 13.2 Å². The molecule has 1 saturated carbocycles. The second-order valence-corrected chi connectivity index (χ2v) is 7.81. The van der Waals surface area contributed by atoms with Gasteiger partial charge in [0.05, 0.1) is 0 Å². The van der Waals surface area contributed by atoms with Gasteiger partial charge in [-0.1, -0.05) is 60.7 Å². The average Bonchev–Trinajstić information content (AvgIpc) is 2.69. The van der Waals surface area contributed by atoms with Crippen molar-refractivity contribution >= 4 is 0 Å². The molecule has 1 fully saturated rings. The molecule has 1 N–H and O–H groups in total. The predicted molar refractivity (Wildman–Crippen MR) is 107 cm³/mol. The zero-order valence-electron chi connectivity index (χ0n) is 16.3. The number of rotatable bonds is 7. The Labute approximate surface area is 165 Å². The fourth-order valence-corrected chi connectivity index (χ4v) is 4.01. The Balaban J connectivity index is 1.62. The Bertz CT molecular complexity index is 653. The van der Waals surface area contributed by atoms with Gasteiger partial charge in [-0.3, -0.25) is 4.90 Å². The first-order valence-electron chi connectivity index (χ1n) is 10.1. The summed E-state index contributed by atoms with van der Waals surface area (Å²) in [6.45, 7) is 2.93. The van der Waals surface area contributed by atoms with E-state index in [0.717, 1.165) is 38.8 Å². The molecule has 2 aromatic carbocycles. The maximum absolute atomic E-state index is 12.8. The van der Waals surface area contributed by atoms with Crippen LogP contribution in [0.2, 0.25) is 0 Å². The molecule has 1 aliphatic rings. The first-order chi connectivity index (χ1) is 13.4. The topological polar surface area (TPSA) is 15.3 Å². The van der Waals surface area contributed by atoms with Crippen molar-refractivity contribution in [2.75, 3.05) is 0 Å². The van der Waals surface area contributed by atoms with Gasteiger partial charge in [0, 0.05) is 25.2 Å². The Kier molecular flexibility index (Phi) is 7.13. The van der Waals surface area contributed by atoms with Gasteiger partial charge in [-0.05, 0) is 43.7 Å². The van der Waals surface area contributed by atoms with Crippen LogP contribution in [0.4, 0.5) is 13.2 Å². The molecule has 0 amide bonds. The minimum atomic E-state index is -4.18. The van der Waals surface area contributed by atoms with Crippen LogP contribution in [0.15, 0.2) is 60.7 Å². The van der Waals surface area contributed by atoms with E-state index in [0.29, 0.717) is 6.04 Å². The molecular formula is C23H29F3N2. The third-order valence-corrected chi connectivity index (χ3v) is 5.65. The Morgan fingerprint density at radius 2 is 1.32 bits per heavy atom. The van der Waals surface area contributed by atoms with Gasteiger partial charge in [0.15, 0.2) is 0 Å². The van der Waals surface area contributed by atoms with Gasteiger partial charge in [0.2, 0.25) is 0 Å². The van der Waals surface area contributed by atoms with Gasteiger partial charge in [-0.15, -0.1) is 0 Å². The molecule has 0 heterocycles. The van der Waals surface area contributed by atoms with E-state index in [1.165, 1.54) is 18.1 Å². The summed E-state index contributed by atoms with van der Waals surface area (Å²) < 4.78 is 38.5. The van der Waals surface area contributed by atoms with Crippen LogP contribution < -0.4 is 5.32 Å². The Morgan fingerprint density at radius 1 is 0.857 bits per heavy atom. The van der Waals surface area contributed by atoms with E-state index in [1.54, 1.807) is 0 Å². The summed E-state index contributed by atoms with van der Waals surface area (Å²) in [6, 6.07) is 19.7. The van der Waals surface area contributed by atoms with Crippen molar-refractivity contribution in [1.82, 2.24) is 10.2 Å². The highest BCUT2D eigenvalue weighted by Gasteiger charge is 2.38. The van der Waals surface area contributed by atoms with Gasteiger partial charge in [0.25, 0.3) is 0 Å². The van der Waals surface area contributed by atoms with E-state index in [9.17, 15) is 13.2 Å². The average molecular weight is 390 g/mol. The molecule has 1 aliphatic carbocycles. The van der Waals surface area contributed by atoms with Crippen molar-refractivity contribution in [2.24, 2.45) is 0 Å². The number of nitrogens with one attached hydrogen (secondary N) is 1. The standard InChI is InChI=1S/C23H29F3N2/c1-18(23(24,25)26)27-21-12-14-22(15-13-21)28(16-19-8-4-2-5-9-19)17-20-10-6-3-7-11-20/h2-11,18,21-22,27H,12-17H2,1H3/t18-,21?,22?/m1/s1. The van der Waals surface area contributed by atoms with Crippen LogP contribution in [0, 0.1) is 0 Å². The molecule has 0 aliphatic heterocycles. The summed E-state index contributed by atoms with van der Waals surface area (Å²) in [6.07, 6.45) is -0.774. The number of nitrogens with zero attached hydrogens (tertiary/aromatic N) is 1. The van der Waals surface area contributed by atoms with Crippen LogP contribution in [-0.4, -0.2) is 29.2 Å². The van der Waals surface area contributed by atoms with Crippen LogP contribution >= 0.6 is 0 Å². The lowest BCUT2D eigenvalue weighted by Crippen LogP contribution is -2.48. The van der Waals surface area contributed by atoms with Crippen molar-refractivity contribution < 1.29 is 13.2 Å². The number of halogens is 3. The lowest BCUT2D eigenvalue weighted by Gasteiger charge is -2.38. The predicted octanol–water partition coefficient (Wildman–Crippen LogP) is 5.54. The maximum atomic E-state index is 12.8. The first kappa shape index (κ1) is 20.9. The molecule has 0 spiro atoms. The Morgan fingerprint density at radius 3 is 1.75 bits per heavy atom. The maximum Gasteiger partial charge on any atom is 0.403 e. The molecule has 0 saturated heterocycles. The summed E-state index contributed by atoms with van der Waals surface area (Å²) in [5.74, 6) is 0. The third-order valence-electron chi connectivity index (χ3n) is 5.65. The van der Waals surface area contributed by atoms with E-state index in [4.69, 9.17) is 0 Å². The molecule has 152 valence electrons.